The molecule has 0 bridgehead atoms. The van der Waals surface area contributed by atoms with Crippen LogP contribution in [-0.2, 0) is 11.3 Å². The van der Waals surface area contributed by atoms with Crippen LogP contribution in [0, 0.1) is 0 Å². The zero-order valence-corrected chi connectivity index (χ0v) is 14.5. The average Bonchev–Trinajstić information content (AvgIpc) is 2.85. The van der Waals surface area contributed by atoms with Gasteiger partial charge in [0, 0.05) is 51.4 Å². The summed E-state index contributed by atoms with van der Waals surface area (Å²) in [6.45, 7) is 4.54. The highest BCUT2D eigenvalue weighted by molar-refractivity contribution is 6.30. The minimum absolute atomic E-state index is 0.238. The van der Waals surface area contributed by atoms with Crippen molar-refractivity contribution in [2.75, 3.05) is 26.2 Å². The molecule has 0 spiro atoms. The highest BCUT2D eigenvalue weighted by Crippen LogP contribution is 2.23. The molecule has 1 aromatic heterocycles. The molecule has 0 atom stereocenters. The van der Waals surface area contributed by atoms with E-state index in [-0.39, 0.29) is 5.91 Å². The van der Waals surface area contributed by atoms with Crippen molar-refractivity contribution in [2.45, 2.75) is 57.5 Å². The molecule has 0 radical (unpaired) electrons. The molecule has 0 N–H and O–H groups in total. The first-order valence-corrected chi connectivity index (χ1v) is 9.30. The molecule has 2 fully saturated rings. The first kappa shape index (κ1) is 16.8. The maximum absolute atomic E-state index is 12.4. The largest absolute Gasteiger partial charge is 0.341 e. The first-order valence-electron chi connectivity index (χ1n) is 8.92. The summed E-state index contributed by atoms with van der Waals surface area (Å²) in [5.74, 6) is 0.238. The van der Waals surface area contributed by atoms with Crippen molar-refractivity contribution < 1.29 is 4.79 Å². The molecule has 0 aromatic carbocycles. The number of carbonyl (C=O) groups excluding carboxylic acids is 1. The molecule has 128 valence electrons. The molecule has 6 heteroatoms. The maximum Gasteiger partial charge on any atom is 0.224 e. The van der Waals surface area contributed by atoms with E-state index in [0.29, 0.717) is 18.0 Å². The van der Waals surface area contributed by atoms with Crippen molar-refractivity contribution in [1.29, 1.82) is 0 Å². The normalized spacial score (nSPS) is 21.3. The summed E-state index contributed by atoms with van der Waals surface area (Å²) in [7, 11) is 0. The Bertz CT molecular complexity index is 512. The van der Waals surface area contributed by atoms with E-state index < -0.39 is 0 Å². The van der Waals surface area contributed by atoms with Gasteiger partial charge in [-0.2, -0.15) is 5.10 Å². The Morgan fingerprint density at radius 3 is 2.70 bits per heavy atom. The molecule has 2 heterocycles. The highest BCUT2D eigenvalue weighted by atomic mass is 35.5. The van der Waals surface area contributed by atoms with Crippen molar-refractivity contribution in [1.82, 2.24) is 19.6 Å². The lowest BCUT2D eigenvalue weighted by atomic mass is 9.94. The first-order chi connectivity index (χ1) is 11.2. The molecule has 1 amide bonds. The number of rotatable bonds is 4. The number of hydrogen-bond donors (Lipinski definition) is 0. The Hall–Kier alpha value is -1.07. The number of carbonyl (C=O) groups is 1. The lowest BCUT2D eigenvalue weighted by molar-refractivity contribution is -0.131. The quantitative estimate of drug-likeness (QED) is 0.847. The lowest BCUT2D eigenvalue weighted by Crippen LogP contribution is -2.40. The van der Waals surface area contributed by atoms with Crippen LogP contribution in [0.1, 0.15) is 44.9 Å². The van der Waals surface area contributed by atoms with E-state index in [1.807, 2.05) is 4.90 Å². The van der Waals surface area contributed by atoms with Gasteiger partial charge in [0.05, 0.1) is 11.2 Å². The summed E-state index contributed by atoms with van der Waals surface area (Å²) >= 11 is 5.85. The summed E-state index contributed by atoms with van der Waals surface area (Å²) in [5, 5.41) is 4.75. The fourth-order valence-corrected chi connectivity index (χ4v) is 3.98. The third-order valence-electron chi connectivity index (χ3n) is 5.13. The number of amides is 1. The summed E-state index contributed by atoms with van der Waals surface area (Å²) in [6.07, 6.45) is 11.8. The Kier molecular flexibility index (Phi) is 5.95. The van der Waals surface area contributed by atoms with Crippen LogP contribution in [0.5, 0.6) is 0 Å². The summed E-state index contributed by atoms with van der Waals surface area (Å²) in [4.78, 5) is 17.1. The minimum atomic E-state index is 0.238. The fraction of sp³-hybridized carbons (Fsp3) is 0.765. The molecule has 0 unspecified atom stereocenters. The summed E-state index contributed by atoms with van der Waals surface area (Å²) < 4.78 is 1.74. The fourth-order valence-electron chi connectivity index (χ4n) is 3.83. The second-order valence-corrected chi connectivity index (χ2v) is 7.17. The van der Waals surface area contributed by atoms with Crippen molar-refractivity contribution in [3.63, 3.8) is 0 Å². The van der Waals surface area contributed by atoms with Crippen molar-refractivity contribution in [3.05, 3.63) is 17.4 Å². The van der Waals surface area contributed by atoms with Crippen molar-refractivity contribution in [2.24, 2.45) is 0 Å². The molecular formula is C17H27ClN4O. The second kappa shape index (κ2) is 8.15. The Morgan fingerprint density at radius 1 is 1.13 bits per heavy atom. The van der Waals surface area contributed by atoms with E-state index >= 15 is 0 Å². The van der Waals surface area contributed by atoms with E-state index in [4.69, 9.17) is 11.6 Å². The number of nitrogens with zero attached hydrogens (tertiary/aromatic N) is 4. The number of halogens is 1. The zero-order valence-electron chi connectivity index (χ0n) is 13.8. The van der Waals surface area contributed by atoms with Gasteiger partial charge in [0.25, 0.3) is 0 Å². The highest BCUT2D eigenvalue weighted by Gasteiger charge is 2.25. The third-order valence-corrected chi connectivity index (χ3v) is 5.33. The van der Waals surface area contributed by atoms with Crippen LogP contribution < -0.4 is 0 Å². The molecule has 3 rings (SSSR count). The van der Waals surface area contributed by atoms with Crippen LogP contribution >= 0.6 is 11.6 Å². The van der Waals surface area contributed by atoms with Crippen LogP contribution in [-0.4, -0.2) is 57.7 Å². The van der Waals surface area contributed by atoms with Gasteiger partial charge in [0.1, 0.15) is 0 Å². The second-order valence-electron chi connectivity index (χ2n) is 6.73. The van der Waals surface area contributed by atoms with Crippen molar-refractivity contribution >= 4 is 17.5 Å². The van der Waals surface area contributed by atoms with E-state index in [0.717, 1.165) is 38.6 Å². The zero-order chi connectivity index (χ0) is 16.1. The smallest absolute Gasteiger partial charge is 0.224 e. The summed E-state index contributed by atoms with van der Waals surface area (Å²) in [5.41, 5.74) is 0. The van der Waals surface area contributed by atoms with Crippen LogP contribution in [0.2, 0.25) is 5.02 Å². The van der Waals surface area contributed by atoms with Gasteiger partial charge in [-0.25, -0.2) is 0 Å². The van der Waals surface area contributed by atoms with Crippen LogP contribution in [0.25, 0.3) is 0 Å². The van der Waals surface area contributed by atoms with Crippen molar-refractivity contribution in [3.8, 4) is 0 Å². The molecule has 1 aliphatic carbocycles. The lowest BCUT2D eigenvalue weighted by Gasteiger charge is -2.33. The monoisotopic (exact) mass is 338 g/mol. The molecule has 5 nitrogen and oxygen atoms in total. The van der Waals surface area contributed by atoms with Gasteiger partial charge in [0.2, 0.25) is 5.91 Å². The van der Waals surface area contributed by atoms with Gasteiger partial charge >= 0.3 is 0 Å². The van der Waals surface area contributed by atoms with E-state index in [1.54, 1.807) is 17.1 Å². The Balaban J connectivity index is 1.46. The molecule has 1 saturated heterocycles. The minimum Gasteiger partial charge on any atom is -0.341 e. The molecule has 1 aliphatic heterocycles. The number of hydrogen-bond acceptors (Lipinski definition) is 3. The molecule has 1 aromatic rings. The predicted molar refractivity (Wildman–Crippen MR) is 91.5 cm³/mol. The van der Waals surface area contributed by atoms with Gasteiger partial charge in [-0.15, -0.1) is 0 Å². The predicted octanol–water partition coefficient (Wildman–Crippen LogP) is 2.79. The van der Waals surface area contributed by atoms with Gasteiger partial charge in [0.15, 0.2) is 0 Å². The Morgan fingerprint density at radius 2 is 1.96 bits per heavy atom. The number of aromatic nitrogens is 2. The number of aryl methyl sites for hydroxylation is 1. The van der Waals surface area contributed by atoms with Crippen LogP contribution in [0.15, 0.2) is 12.4 Å². The van der Waals surface area contributed by atoms with Crippen LogP contribution in [0.4, 0.5) is 0 Å². The van der Waals surface area contributed by atoms with E-state index in [9.17, 15) is 4.79 Å². The molecule has 23 heavy (non-hydrogen) atoms. The van der Waals surface area contributed by atoms with Gasteiger partial charge in [-0.1, -0.05) is 30.9 Å². The average molecular weight is 339 g/mol. The van der Waals surface area contributed by atoms with E-state index in [2.05, 4.69) is 10.00 Å². The van der Waals surface area contributed by atoms with E-state index in [1.165, 1.54) is 32.1 Å². The van der Waals surface area contributed by atoms with Crippen LogP contribution in [0.3, 0.4) is 0 Å². The summed E-state index contributed by atoms with van der Waals surface area (Å²) in [6, 6.07) is 0.755. The maximum atomic E-state index is 12.4. The topological polar surface area (TPSA) is 41.4 Å². The van der Waals surface area contributed by atoms with Gasteiger partial charge in [-0.3, -0.25) is 14.4 Å². The molecule has 2 aliphatic rings. The van der Waals surface area contributed by atoms with Gasteiger partial charge in [-0.05, 0) is 19.3 Å². The SMILES string of the molecule is O=C(CCn1cc(Cl)cn1)N1CCCN(C2CCCCC2)CC1. The van der Waals surface area contributed by atoms with Gasteiger partial charge < -0.3 is 4.90 Å². The molecular weight excluding hydrogens is 312 g/mol. The Labute approximate surface area is 143 Å². The standard InChI is InChI=1S/C17H27ClN4O/c18-15-13-19-22(14-15)10-7-17(23)21-9-4-8-20(11-12-21)16-5-2-1-3-6-16/h13-14,16H,1-12H2. The molecule has 1 saturated carbocycles. The third kappa shape index (κ3) is 4.70.